The fourth-order valence-electron chi connectivity index (χ4n) is 3.36. The number of aryl methyl sites for hydroxylation is 1. The molecule has 6 heteroatoms. The van der Waals surface area contributed by atoms with Gasteiger partial charge in [-0.2, -0.15) is 5.26 Å². The van der Waals surface area contributed by atoms with Crippen molar-refractivity contribution >= 4 is 11.4 Å². The van der Waals surface area contributed by atoms with Gasteiger partial charge in [0.1, 0.15) is 29.8 Å². The van der Waals surface area contributed by atoms with Crippen LogP contribution in [0.5, 0.6) is 5.75 Å². The first-order valence-corrected chi connectivity index (χ1v) is 9.66. The van der Waals surface area contributed by atoms with Crippen LogP contribution in [-0.2, 0) is 13.0 Å². The average Bonchev–Trinajstić information content (AvgIpc) is 2.72. The number of fused-ring (bicyclic) bond motifs is 1. The van der Waals surface area contributed by atoms with Crippen molar-refractivity contribution in [1.82, 2.24) is 4.90 Å². The van der Waals surface area contributed by atoms with Gasteiger partial charge in [0.2, 0.25) is 0 Å². The van der Waals surface area contributed by atoms with Gasteiger partial charge in [0.05, 0.1) is 6.61 Å². The zero-order valence-electron chi connectivity index (χ0n) is 16.8. The van der Waals surface area contributed by atoms with Crippen LogP contribution in [0.2, 0.25) is 0 Å². The summed E-state index contributed by atoms with van der Waals surface area (Å²) in [5, 5.41) is 30.0. The molecule has 1 aliphatic rings. The molecule has 0 radical (unpaired) electrons. The van der Waals surface area contributed by atoms with Crippen LogP contribution in [0.15, 0.2) is 53.9 Å². The number of nitriles is 1. The van der Waals surface area contributed by atoms with Crippen molar-refractivity contribution < 1.29 is 9.84 Å². The van der Waals surface area contributed by atoms with Crippen molar-refractivity contribution in [3.8, 4) is 11.8 Å². The lowest BCUT2D eigenvalue weighted by molar-refractivity contribution is 0.201. The predicted molar refractivity (Wildman–Crippen MR) is 114 cm³/mol. The average molecular weight is 390 g/mol. The van der Waals surface area contributed by atoms with Gasteiger partial charge in [-0.25, -0.2) is 0 Å². The van der Waals surface area contributed by atoms with Gasteiger partial charge in [0.15, 0.2) is 0 Å². The second kappa shape index (κ2) is 9.26. The molecule has 2 aromatic carbocycles. The van der Waals surface area contributed by atoms with E-state index in [1.54, 1.807) is 6.92 Å². The second-order valence-corrected chi connectivity index (χ2v) is 7.13. The topological polar surface area (TPSA) is 92.4 Å². The summed E-state index contributed by atoms with van der Waals surface area (Å²) in [5.74, 6) is 1.42. The van der Waals surface area contributed by atoms with Crippen LogP contribution in [0.3, 0.4) is 0 Å². The largest absolute Gasteiger partial charge is 0.491 e. The second-order valence-electron chi connectivity index (χ2n) is 7.13. The number of rotatable bonds is 7. The zero-order valence-corrected chi connectivity index (χ0v) is 16.8. The molecule has 0 aromatic heterocycles. The predicted octanol–water partition coefficient (Wildman–Crippen LogP) is 3.61. The molecule has 2 aromatic rings. The maximum atomic E-state index is 9.68. The normalized spacial score (nSPS) is 13.8. The number of nitrogens with zero attached hydrogens (tertiary/aromatic N) is 2. The van der Waals surface area contributed by atoms with E-state index < -0.39 is 0 Å². The number of nitrogens with one attached hydrogen (secondary N) is 2. The van der Waals surface area contributed by atoms with E-state index in [4.69, 9.17) is 15.3 Å². The van der Waals surface area contributed by atoms with Crippen molar-refractivity contribution in [3.63, 3.8) is 0 Å². The summed E-state index contributed by atoms with van der Waals surface area (Å²) in [6.07, 6.45) is 0.806. The van der Waals surface area contributed by atoms with Crippen LogP contribution in [0.1, 0.15) is 23.6 Å². The number of hydrogen-bond acceptors (Lipinski definition) is 6. The number of aliphatic hydroxyl groups excluding tert-OH is 1. The molecule has 29 heavy (non-hydrogen) atoms. The molecule has 0 amide bonds. The number of anilines is 1. The fraction of sp³-hybridized carbons (Fsp3) is 0.304. The lowest BCUT2D eigenvalue weighted by Crippen LogP contribution is -2.34. The van der Waals surface area contributed by atoms with Gasteiger partial charge in [0.25, 0.3) is 0 Å². The Morgan fingerprint density at radius 1 is 1.24 bits per heavy atom. The highest BCUT2D eigenvalue weighted by molar-refractivity contribution is 6.00. The van der Waals surface area contributed by atoms with E-state index in [9.17, 15) is 5.26 Å². The summed E-state index contributed by atoms with van der Waals surface area (Å²) in [5.41, 5.74) is 5.00. The van der Waals surface area contributed by atoms with E-state index >= 15 is 0 Å². The summed E-state index contributed by atoms with van der Waals surface area (Å²) in [4.78, 5) is 2.12. The molecule has 0 aliphatic carbocycles. The number of benzene rings is 2. The number of ether oxygens (including phenoxy) is 1. The Morgan fingerprint density at radius 3 is 2.66 bits per heavy atom. The Bertz CT molecular complexity index is 958. The number of aliphatic hydroxyl groups is 1. The summed E-state index contributed by atoms with van der Waals surface area (Å²) < 4.78 is 5.51. The molecule has 0 atom stereocenters. The molecule has 150 valence electrons. The number of hydrogen-bond donors (Lipinski definition) is 3. The summed E-state index contributed by atoms with van der Waals surface area (Å²) >= 11 is 0. The Morgan fingerprint density at radius 2 is 2.00 bits per heavy atom. The van der Waals surface area contributed by atoms with E-state index in [0.29, 0.717) is 17.9 Å². The molecular weight excluding hydrogens is 364 g/mol. The van der Waals surface area contributed by atoms with Gasteiger partial charge in [-0.15, -0.1) is 0 Å². The van der Waals surface area contributed by atoms with Crippen LogP contribution < -0.4 is 10.1 Å². The molecule has 1 heterocycles. The molecule has 0 fully saturated rings. The van der Waals surface area contributed by atoms with Gasteiger partial charge in [-0.1, -0.05) is 23.8 Å². The SMILES string of the molecule is CC(=N)/C(C#N)=C(\Nc1ccc(C)cc1)N1CCc2cc(OCCO)ccc2C1. The molecule has 0 spiro atoms. The van der Waals surface area contributed by atoms with Crippen LogP contribution in [0.25, 0.3) is 0 Å². The molecule has 3 N–H and O–H groups in total. The van der Waals surface area contributed by atoms with Crippen LogP contribution in [0, 0.1) is 23.7 Å². The molecular formula is C23H26N4O2. The maximum absolute atomic E-state index is 9.68. The van der Waals surface area contributed by atoms with E-state index in [1.807, 2.05) is 49.4 Å². The van der Waals surface area contributed by atoms with Crippen LogP contribution in [0.4, 0.5) is 5.69 Å². The minimum Gasteiger partial charge on any atom is -0.491 e. The Balaban J connectivity index is 1.88. The van der Waals surface area contributed by atoms with E-state index in [2.05, 4.69) is 16.3 Å². The van der Waals surface area contributed by atoms with E-state index in [1.165, 1.54) is 5.56 Å². The molecule has 6 nitrogen and oxygen atoms in total. The minimum absolute atomic E-state index is 0.0103. The third-order valence-corrected chi connectivity index (χ3v) is 4.90. The first kappa shape index (κ1) is 20.4. The first-order valence-electron chi connectivity index (χ1n) is 9.66. The van der Waals surface area contributed by atoms with Gasteiger partial charge in [-0.05, 0) is 55.7 Å². The monoisotopic (exact) mass is 390 g/mol. The van der Waals surface area contributed by atoms with Gasteiger partial charge < -0.3 is 25.5 Å². The van der Waals surface area contributed by atoms with Gasteiger partial charge in [0, 0.05) is 24.5 Å². The maximum Gasteiger partial charge on any atom is 0.126 e. The van der Waals surface area contributed by atoms with Crippen molar-refractivity contribution in [2.45, 2.75) is 26.8 Å². The van der Waals surface area contributed by atoms with Crippen LogP contribution >= 0.6 is 0 Å². The lowest BCUT2D eigenvalue weighted by Gasteiger charge is -2.34. The van der Waals surface area contributed by atoms with E-state index in [0.717, 1.165) is 35.5 Å². The molecule has 0 unspecified atom stereocenters. The van der Waals surface area contributed by atoms with E-state index in [-0.39, 0.29) is 18.9 Å². The Hall–Kier alpha value is -3.30. The van der Waals surface area contributed by atoms with Crippen LogP contribution in [-0.4, -0.2) is 35.5 Å². The standard InChI is InChI=1S/C23H26N4O2/c1-16-3-6-20(7-4-16)26-23(22(14-24)17(2)25)27-10-9-18-13-21(29-12-11-28)8-5-19(18)15-27/h3-8,13,25-26,28H,9-12,15H2,1-2H3/b23-22+,25-17?. The summed E-state index contributed by atoms with van der Waals surface area (Å²) in [6, 6.07) is 16.1. The molecule has 0 saturated heterocycles. The zero-order chi connectivity index (χ0) is 20.8. The first-order chi connectivity index (χ1) is 14.0. The van der Waals surface area contributed by atoms with Crippen molar-refractivity contribution in [2.24, 2.45) is 0 Å². The van der Waals surface area contributed by atoms with Crippen molar-refractivity contribution in [2.75, 3.05) is 25.1 Å². The highest BCUT2D eigenvalue weighted by Crippen LogP contribution is 2.28. The van der Waals surface area contributed by atoms with Gasteiger partial charge in [-0.3, -0.25) is 0 Å². The molecule has 0 bridgehead atoms. The molecule has 0 saturated carbocycles. The Labute approximate surface area is 171 Å². The third kappa shape index (κ3) is 4.95. The van der Waals surface area contributed by atoms with Crippen molar-refractivity contribution in [3.05, 3.63) is 70.5 Å². The minimum atomic E-state index is -0.0103. The number of allylic oxidation sites excluding steroid dienone is 1. The van der Waals surface area contributed by atoms with Crippen molar-refractivity contribution in [1.29, 1.82) is 10.7 Å². The molecule has 3 rings (SSSR count). The highest BCUT2D eigenvalue weighted by Gasteiger charge is 2.22. The fourth-order valence-corrected chi connectivity index (χ4v) is 3.36. The smallest absolute Gasteiger partial charge is 0.126 e. The molecule has 1 aliphatic heterocycles. The third-order valence-electron chi connectivity index (χ3n) is 4.90. The summed E-state index contributed by atoms with van der Waals surface area (Å²) in [6.45, 7) is 5.30. The Kier molecular flexibility index (Phi) is 6.53. The highest BCUT2D eigenvalue weighted by atomic mass is 16.5. The summed E-state index contributed by atoms with van der Waals surface area (Å²) in [7, 11) is 0. The quantitative estimate of drug-likeness (QED) is 0.496. The van der Waals surface area contributed by atoms with Gasteiger partial charge >= 0.3 is 0 Å². The lowest BCUT2D eigenvalue weighted by atomic mass is 9.99.